The summed E-state index contributed by atoms with van der Waals surface area (Å²) in [6.07, 6.45) is -0.520. The molecule has 0 bridgehead atoms. The van der Waals surface area contributed by atoms with E-state index in [2.05, 4.69) is 74.7 Å². The molecule has 1 aliphatic carbocycles. The molecule has 1 aliphatic heterocycles. The van der Waals surface area contributed by atoms with Crippen molar-refractivity contribution in [2.24, 2.45) is 0 Å². The number of anilines is 1. The summed E-state index contributed by atoms with van der Waals surface area (Å²) in [6, 6.07) is 24.2. The van der Waals surface area contributed by atoms with Crippen molar-refractivity contribution < 1.29 is 28.2 Å². The Kier molecular flexibility index (Phi) is 11.2. The fraction of sp³-hybridized carbons (Fsp3) is 0.341. The van der Waals surface area contributed by atoms with Gasteiger partial charge in [0.15, 0.2) is 0 Å². The van der Waals surface area contributed by atoms with E-state index >= 15 is 0 Å². The van der Waals surface area contributed by atoms with Crippen LogP contribution in [0.3, 0.4) is 0 Å². The van der Waals surface area contributed by atoms with Crippen LogP contribution < -0.4 is 34.9 Å². The predicted molar refractivity (Wildman–Crippen MR) is 203 cm³/mol. The average molecular weight is 694 g/mol. The van der Waals surface area contributed by atoms with Crippen molar-refractivity contribution in [3.8, 4) is 33.9 Å². The number of carbonyl (C=O) groups excluding carboxylic acids is 2. The van der Waals surface area contributed by atoms with Gasteiger partial charge in [0.25, 0.3) is 5.91 Å². The number of aryl methyl sites for hydroxylation is 2. The first-order valence-corrected chi connectivity index (χ1v) is 17.1. The molecule has 0 atom stereocenters. The molecule has 0 unspecified atom stereocenters. The highest BCUT2D eigenvalue weighted by molar-refractivity contribution is 6.02. The highest BCUT2D eigenvalue weighted by Gasteiger charge is 2.20. The number of ether oxygens (including phenoxy) is 3. The van der Waals surface area contributed by atoms with Gasteiger partial charge in [-0.05, 0) is 93.8 Å². The Balaban J connectivity index is 1.26. The first kappa shape index (κ1) is 36.8. The molecule has 2 amide bonds. The largest absolute Gasteiger partial charge is 0.490 e. The topological polar surface area (TPSA) is 105 Å². The van der Waals surface area contributed by atoms with Crippen molar-refractivity contribution in [1.29, 1.82) is 0 Å². The molecule has 3 aromatic rings. The average Bonchev–Trinajstić information content (AvgIpc) is 3.07. The molecule has 0 aromatic heterocycles. The minimum absolute atomic E-state index is 0.238. The highest BCUT2D eigenvalue weighted by atomic mass is 16.6. The van der Waals surface area contributed by atoms with Gasteiger partial charge in [-0.25, -0.2) is 9.37 Å². The molecule has 10 heteroatoms. The Hall–Kier alpha value is -5.51. The second-order valence-electron chi connectivity index (χ2n) is 14.0. The molecule has 10 nitrogen and oxygen atoms in total. The van der Waals surface area contributed by atoms with Gasteiger partial charge in [0.1, 0.15) is 55.8 Å². The van der Waals surface area contributed by atoms with Crippen LogP contribution in [0.15, 0.2) is 77.2 Å². The minimum Gasteiger partial charge on any atom is -0.490 e. The van der Waals surface area contributed by atoms with Crippen LogP contribution in [-0.4, -0.2) is 72.1 Å². The van der Waals surface area contributed by atoms with E-state index < -0.39 is 11.7 Å². The predicted octanol–water partition coefficient (Wildman–Crippen LogP) is 6.63. The number of amides is 2. The van der Waals surface area contributed by atoms with Crippen LogP contribution in [0.5, 0.6) is 11.5 Å². The summed E-state index contributed by atoms with van der Waals surface area (Å²) in [6.45, 7) is 10.5. The third-order valence-electron chi connectivity index (χ3n) is 8.31. The van der Waals surface area contributed by atoms with Crippen molar-refractivity contribution in [3.63, 3.8) is 0 Å². The summed E-state index contributed by atoms with van der Waals surface area (Å²) in [5.41, 5.74) is 6.78. The zero-order valence-corrected chi connectivity index (χ0v) is 31.1. The van der Waals surface area contributed by atoms with Crippen LogP contribution in [-0.2, 0) is 4.74 Å². The maximum absolute atomic E-state index is 12.7. The van der Waals surface area contributed by atoms with Crippen molar-refractivity contribution >= 4 is 28.7 Å². The second-order valence-corrected chi connectivity index (χ2v) is 14.0. The van der Waals surface area contributed by atoms with E-state index in [0.29, 0.717) is 24.5 Å². The lowest BCUT2D eigenvalue weighted by atomic mass is 9.93. The number of fused-ring (bicyclic) bond motifs is 2. The van der Waals surface area contributed by atoms with Crippen molar-refractivity contribution in [1.82, 2.24) is 15.2 Å². The van der Waals surface area contributed by atoms with Crippen LogP contribution in [0.25, 0.3) is 33.4 Å². The van der Waals surface area contributed by atoms with Gasteiger partial charge in [0.2, 0.25) is 5.36 Å². The Morgan fingerprint density at radius 2 is 1.53 bits per heavy atom. The zero-order chi connectivity index (χ0) is 36.9. The number of nitrogens with zero attached hydrogens (tertiary/aromatic N) is 2. The molecule has 0 fully saturated rings. The van der Waals surface area contributed by atoms with Crippen LogP contribution in [0.4, 0.5) is 10.5 Å². The molecule has 2 N–H and O–H groups in total. The summed E-state index contributed by atoms with van der Waals surface area (Å²) in [5.74, 6) is 2.02. The van der Waals surface area contributed by atoms with Gasteiger partial charge in [-0.3, -0.25) is 4.79 Å². The first-order chi connectivity index (χ1) is 24.2. The number of alkyl carbamates (subject to hydrolysis) is 1. The van der Waals surface area contributed by atoms with E-state index in [4.69, 9.17) is 18.6 Å². The summed E-state index contributed by atoms with van der Waals surface area (Å²) in [4.78, 5) is 26.5. The molecule has 1 heterocycles. The highest BCUT2D eigenvalue weighted by Crippen LogP contribution is 2.42. The summed E-state index contributed by atoms with van der Waals surface area (Å²) < 4.78 is 26.1. The van der Waals surface area contributed by atoms with Crippen LogP contribution in [0.2, 0.25) is 0 Å². The third kappa shape index (κ3) is 9.19. The molecule has 5 rings (SSSR count). The molecule has 0 spiro atoms. The Bertz CT molecular complexity index is 2090. The van der Waals surface area contributed by atoms with E-state index in [1.165, 1.54) is 0 Å². The number of nitrogens with one attached hydrogen (secondary N) is 2. The standard InChI is InChI=1S/C41H48N4O6/c1-26-10-11-28(38-32-15-13-30(44(6)7)24-36(32)50-37-25-31(45(8)9)14-16-33(37)38)23-35(26)49-21-20-48-34-17-12-29(22-27(34)2)39(46)42-18-19-43-40(47)51-41(3,4)5/h10-17,22-25H,18-21H2,1-9H3,(H-,42,43,46,47)/p+1. The summed E-state index contributed by atoms with van der Waals surface area (Å²) in [7, 11) is 8.09. The van der Waals surface area contributed by atoms with Gasteiger partial charge >= 0.3 is 6.09 Å². The first-order valence-electron chi connectivity index (χ1n) is 17.1. The molecule has 0 saturated carbocycles. The van der Waals surface area contributed by atoms with Gasteiger partial charge in [-0.1, -0.05) is 12.1 Å². The summed E-state index contributed by atoms with van der Waals surface area (Å²) in [5, 5.41) is 7.52. The minimum atomic E-state index is -0.579. The lowest BCUT2D eigenvalue weighted by Gasteiger charge is -2.19. The van der Waals surface area contributed by atoms with Gasteiger partial charge in [-0.15, -0.1) is 0 Å². The third-order valence-corrected chi connectivity index (χ3v) is 8.31. The van der Waals surface area contributed by atoms with Gasteiger partial charge in [0.05, 0.1) is 6.07 Å². The molecule has 51 heavy (non-hydrogen) atoms. The summed E-state index contributed by atoms with van der Waals surface area (Å²) >= 11 is 0. The van der Waals surface area contributed by atoms with Crippen LogP contribution in [0.1, 0.15) is 42.3 Å². The maximum atomic E-state index is 12.7. The smallest absolute Gasteiger partial charge is 0.407 e. The number of carbonyl (C=O) groups is 2. The molecule has 3 aromatic carbocycles. The lowest BCUT2D eigenvalue weighted by molar-refractivity contribution is 0.0526. The normalized spacial score (nSPS) is 11.3. The van der Waals surface area contributed by atoms with Crippen molar-refractivity contribution in [2.45, 2.75) is 40.2 Å². The molecule has 268 valence electrons. The van der Waals surface area contributed by atoms with E-state index in [9.17, 15) is 9.59 Å². The fourth-order valence-corrected chi connectivity index (χ4v) is 5.66. The molecule has 0 radical (unpaired) electrons. The van der Waals surface area contributed by atoms with Gasteiger partial charge < -0.3 is 34.2 Å². The number of rotatable bonds is 11. The van der Waals surface area contributed by atoms with Crippen molar-refractivity contribution in [2.75, 3.05) is 59.4 Å². The molecule has 2 aliphatic rings. The van der Waals surface area contributed by atoms with E-state index in [1.807, 2.05) is 42.0 Å². The SMILES string of the molecule is Cc1cc(C(=O)NCCNC(=O)OC(C)(C)C)ccc1OCCOc1cc(-c2c3ccc(=[N+](C)C)cc-3oc3cc(N(C)C)ccc23)ccc1C. The Morgan fingerprint density at radius 1 is 0.804 bits per heavy atom. The number of benzene rings is 4. The Morgan fingerprint density at radius 3 is 2.22 bits per heavy atom. The lowest BCUT2D eigenvalue weighted by Crippen LogP contribution is -2.37. The maximum Gasteiger partial charge on any atom is 0.407 e. The monoisotopic (exact) mass is 693 g/mol. The fourth-order valence-electron chi connectivity index (χ4n) is 5.66. The van der Waals surface area contributed by atoms with Crippen LogP contribution in [0, 0.1) is 13.8 Å². The molecule has 0 saturated heterocycles. The van der Waals surface area contributed by atoms with E-state index in [1.54, 1.807) is 39.0 Å². The van der Waals surface area contributed by atoms with E-state index in [-0.39, 0.29) is 19.0 Å². The quantitative estimate of drug-likeness (QED) is 0.0909. The number of hydrogen-bond acceptors (Lipinski definition) is 7. The van der Waals surface area contributed by atoms with E-state index in [0.717, 1.165) is 61.3 Å². The van der Waals surface area contributed by atoms with Crippen molar-refractivity contribution in [3.05, 3.63) is 94.8 Å². The zero-order valence-electron chi connectivity index (χ0n) is 31.1. The molecular formula is C41H49N4O6+. The second kappa shape index (κ2) is 15.6. The number of hydrogen-bond donors (Lipinski definition) is 2. The van der Waals surface area contributed by atoms with Gasteiger partial charge in [-0.2, -0.15) is 0 Å². The Labute approximate surface area is 300 Å². The van der Waals surface area contributed by atoms with Crippen LogP contribution >= 0.6 is 0 Å². The van der Waals surface area contributed by atoms with Gasteiger partial charge in [0, 0.05) is 67.1 Å². The molecular weight excluding hydrogens is 644 g/mol.